The molecule has 24 heavy (non-hydrogen) atoms. The number of benzene rings is 2. The number of imidazole rings is 1. The number of nitrogens with zero attached hydrogens (tertiary/aromatic N) is 2. The fourth-order valence-electron chi connectivity index (χ4n) is 2.78. The minimum Gasteiger partial charge on any atom is -0.348 e. The first kappa shape index (κ1) is 16.5. The molecule has 1 N–H and O–H groups in total. The quantitative estimate of drug-likeness (QED) is 0.747. The minimum absolute atomic E-state index is 0.00105. The summed E-state index contributed by atoms with van der Waals surface area (Å²) in [6.45, 7) is 1.92. The molecule has 6 heteroatoms. The van der Waals surface area contributed by atoms with Crippen LogP contribution in [0.25, 0.3) is 11.0 Å². The molecule has 3 rings (SSSR count). The third kappa shape index (κ3) is 3.14. The van der Waals surface area contributed by atoms with Gasteiger partial charge in [-0.25, -0.2) is 4.79 Å². The Labute approximate surface area is 148 Å². The normalized spacial score (nSPS) is 12.3. The number of hydrogen-bond donors (Lipinski definition) is 1. The van der Waals surface area contributed by atoms with Crippen molar-refractivity contribution in [2.45, 2.75) is 19.5 Å². The van der Waals surface area contributed by atoms with E-state index in [1.807, 2.05) is 55.5 Å². The van der Waals surface area contributed by atoms with Crippen molar-refractivity contribution in [2.75, 3.05) is 0 Å². The molecular weight excluding hydrogens is 370 g/mol. The number of carbonyl (C=O) groups excluding carboxylic acids is 1. The molecule has 0 aliphatic heterocycles. The van der Waals surface area contributed by atoms with Crippen LogP contribution in [0, 0.1) is 0 Å². The predicted octanol–water partition coefficient (Wildman–Crippen LogP) is 2.98. The molecule has 0 saturated carbocycles. The summed E-state index contributed by atoms with van der Waals surface area (Å²) >= 11 is 3.40. The number of amides is 1. The summed E-state index contributed by atoms with van der Waals surface area (Å²) in [6, 6.07) is 15.1. The average Bonchev–Trinajstić information content (AvgIpc) is 2.81. The first-order valence-corrected chi connectivity index (χ1v) is 8.46. The summed E-state index contributed by atoms with van der Waals surface area (Å²) in [7, 11) is 1.71. The van der Waals surface area contributed by atoms with E-state index in [4.69, 9.17) is 0 Å². The topological polar surface area (TPSA) is 56.0 Å². The van der Waals surface area contributed by atoms with Crippen LogP contribution in [0.3, 0.4) is 0 Å². The Hall–Kier alpha value is -2.34. The molecule has 0 fully saturated rings. The van der Waals surface area contributed by atoms with E-state index in [9.17, 15) is 9.59 Å². The van der Waals surface area contributed by atoms with Gasteiger partial charge in [0.15, 0.2) is 0 Å². The van der Waals surface area contributed by atoms with Gasteiger partial charge in [0, 0.05) is 11.5 Å². The van der Waals surface area contributed by atoms with Gasteiger partial charge < -0.3 is 5.32 Å². The number of halogens is 1. The fraction of sp³-hybridized carbons (Fsp3) is 0.222. The Morgan fingerprint density at radius 2 is 1.75 bits per heavy atom. The van der Waals surface area contributed by atoms with Crippen LogP contribution >= 0.6 is 15.9 Å². The van der Waals surface area contributed by atoms with Crippen LogP contribution in [0.2, 0.25) is 0 Å². The summed E-state index contributed by atoms with van der Waals surface area (Å²) in [4.78, 5) is 24.7. The molecule has 1 unspecified atom stereocenters. The van der Waals surface area contributed by atoms with Gasteiger partial charge in [-0.3, -0.25) is 13.9 Å². The lowest BCUT2D eigenvalue weighted by atomic mass is 10.1. The average molecular weight is 388 g/mol. The van der Waals surface area contributed by atoms with Crippen LogP contribution < -0.4 is 11.0 Å². The summed E-state index contributed by atoms with van der Waals surface area (Å²) in [5, 5.41) is 2.94. The number of aromatic nitrogens is 2. The molecule has 124 valence electrons. The molecule has 1 heterocycles. The molecule has 5 nitrogen and oxygen atoms in total. The van der Waals surface area contributed by atoms with E-state index in [0.29, 0.717) is 0 Å². The van der Waals surface area contributed by atoms with E-state index in [0.717, 1.165) is 21.1 Å². The first-order chi connectivity index (χ1) is 11.5. The SMILES string of the molecule is CC(NC(=O)Cn1c(=O)n(C)c2ccccc21)c1ccc(Br)cc1. The van der Waals surface area contributed by atoms with Gasteiger partial charge in [0.2, 0.25) is 5.91 Å². The third-order valence-corrected chi connectivity index (χ3v) is 4.63. The first-order valence-electron chi connectivity index (χ1n) is 7.66. The summed E-state index contributed by atoms with van der Waals surface area (Å²) in [5.74, 6) is -0.191. The molecule has 1 atom stereocenters. The van der Waals surface area contributed by atoms with Crippen LogP contribution in [0.1, 0.15) is 18.5 Å². The number of aryl methyl sites for hydroxylation is 1. The highest BCUT2D eigenvalue weighted by Crippen LogP contribution is 2.17. The summed E-state index contributed by atoms with van der Waals surface area (Å²) in [5.41, 5.74) is 2.40. The highest BCUT2D eigenvalue weighted by molar-refractivity contribution is 9.10. The van der Waals surface area contributed by atoms with E-state index in [-0.39, 0.29) is 24.2 Å². The van der Waals surface area contributed by atoms with E-state index in [1.165, 1.54) is 4.57 Å². The number of hydrogen-bond acceptors (Lipinski definition) is 2. The molecular formula is C18H18BrN3O2. The second kappa shape index (κ2) is 6.65. The lowest BCUT2D eigenvalue weighted by molar-refractivity contribution is -0.122. The van der Waals surface area contributed by atoms with Crippen molar-refractivity contribution in [1.82, 2.24) is 14.5 Å². The second-order valence-corrected chi connectivity index (χ2v) is 6.67. The highest BCUT2D eigenvalue weighted by atomic mass is 79.9. The Morgan fingerprint density at radius 3 is 2.42 bits per heavy atom. The van der Waals surface area contributed by atoms with Crippen molar-refractivity contribution in [2.24, 2.45) is 7.05 Å². The molecule has 0 aliphatic rings. The maximum atomic E-state index is 12.4. The van der Waals surface area contributed by atoms with Crippen LogP contribution in [-0.2, 0) is 18.4 Å². The van der Waals surface area contributed by atoms with Gasteiger partial charge in [0.25, 0.3) is 0 Å². The summed E-state index contributed by atoms with van der Waals surface area (Å²) < 4.78 is 4.05. The summed E-state index contributed by atoms with van der Waals surface area (Å²) in [6.07, 6.45) is 0. The number of carbonyl (C=O) groups is 1. The van der Waals surface area contributed by atoms with Gasteiger partial charge in [-0.2, -0.15) is 0 Å². The fourth-order valence-corrected chi connectivity index (χ4v) is 3.05. The molecule has 0 spiro atoms. The van der Waals surface area contributed by atoms with E-state index in [1.54, 1.807) is 11.6 Å². The molecule has 1 amide bonds. The molecule has 2 aromatic carbocycles. The molecule has 3 aromatic rings. The maximum Gasteiger partial charge on any atom is 0.329 e. The van der Waals surface area contributed by atoms with Gasteiger partial charge in [-0.1, -0.05) is 40.2 Å². The minimum atomic E-state index is -0.192. The van der Waals surface area contributed by atoms with Gasteiger partial charge >= 0.3 is 5.69 Å². The Morgan fingerprint density at radius 1 is 1.12 bits per heavy atom. The predicted molar refractivity (Wildman–Crippen MR) is 97.9 cm³/mol. The zero-order valence-corrected chi connectivity index (χ0v) is 15.1. The maximum absolute atomic E-state index is 12.4. The molecule has 0 bridgehead atoms. The Balaban J connectivity index is 1.79. The number of fused-ring (bicyclic) bond motifs is 1. The van der Waals surface area contributed by atoms with Crippen LogP contribution in [-0.4, -0.2) is 15.0 Å². The van der Waals surface area contributed by atoms with Crippen molar-refractivity contribution in [3.8, 4) is 0 Å². The lowest BCUT2D eigenvalue weighted by Crippen LogP contribution is -2.34. The monoisotopic (exact) mass is 387 g/mol. The molecule has 0 aliphatic carbocycles. The molecule has 0 radical (unpaired) electrons. The van der Waals surface area contributed by atoms with Crippen LogP contribution in [0.15, 0.2) is 57.8 Å². The van der Waals surface area contributed by atoms with Crippen molar-refractivity contribution in [1.29, 1.82) is 0 Å². The number of para-hydroxylation sites is 2. The molecule has 1 aromatic heterocycles. The number of rotatable bonds is 4. The lowest BCUT2D eigenvalue weighted by Gasteiger charge is -2.14. The highest BCUT2D eigenvalue weighted by Gasteiger charge is 2.15. The zero-order valence-electron chi connectivity index (χ0n) is 13.5. The smallest absolute Gasteiger partial charge is 0.329 e. The Bertz CT molecular complexity index is 941. The van der Waals surface area contributed by atoms with Crippen molar-refractivity contribution in [3.05, 3.63) is 69.1 Å². The Kier molecular flexibility index (Phi) is 4.57. The van der Waals surface area contributed by atoms with E-state index >= 15 is 0 Å². The molecule has 0 saturated heterocycles. The third-order valence-electron chi connectivity index (χ3n) is 4.10. The van der Waals surface area contributed by atoms with Gasteiger partial charge in [0.05, 0.1) is 17.1 Å². The van der Waals surface area contributed by atoms with E-state index < -0.39 is 0 Å². The van der Waals surface area contributed by atoms with Crippen LogP contribution in [0.4, 0.5) is 0 Å². The number of nitrogens with one attached hydrogen (secondary N) is 1. The van der Waals surface area contributed by atoms with Gasteiger partial charge in [-0.15, -0.1) is 0 Å². The van der Waals surface area contributed by atoms with E-state index in [2.05, 4.69) is 21.2 Å². The van der Waals surface area contributed by atoms with Crippen molar-refractivity contribution in [3.63, 3.8) is 0 Å². The van der Waals surface area contributed by atoms with Crippen molar-refractivity contribution >= 4 is 32.9 Å². The zero-order chi connectivity index (χ0) is 17.3. The van der Waals surface area contributed by atoms with Crippen LogP contribution in [0.5, 0.6) is 0 Å². The van der Waals surface area contributed by atoms with Gasteiger partial charge in [-0.05, 0) is 36.8 Å². The standard InChI is InChI=1S/C18H18BrN3O2/c1-12(13-7-9-14(19)10-8-13)20-17(23)11-22-16-6-4-3-5-15(16)21(2)18(22)24/h3-10,12H,11H2,1-2H3,(H,20,23). The van der Waals surface area contributed by atoms with Gasteiger partial charge in [0.1, 0.15) is 6.54 Å². The largest absolute Gasteiger partial charge is 0.348 e. The van der Waals surface area contributed by atoms with Crippen molar-refractivity contribution < 1.29 is 4.79 Å². The second-order valence-electron chi connectivity index (χ2n) is 5.76.